The zero-order valence-electron chi connectivity index (χ0n) is 24.5. The van der Waals surface area contributed by atoms with Gasteiger partial charge in [0.2, 0.25) is 5.95 Å². The number of carboxylic acid groups (broad SMARTS) is 1. The number of likely N-dealkylation sites (tertiary alicyclic amines) is 1. The number of nitrogens with one attached hydrogen (secondary N) is 1. The van der Waals surface area contributed by atoms with Crippen LogP contribution in [0.5, 0.6) is 0 Å². The number of H-pyrrole nitrogens is 1. The maximum absolute atomic E-state index is 13.6. The van der Waals surface area contributed by atoms with E-state index in [1.54, 1.807) is 25.1 Å². The second-order valence-electron chi connectivity index (χ2n) is 10.7. The predicted molar refractivity (Wildman–Crippen MR) is 154 cm³/mol. The topological polar surface area (TPSA) is 162 Å². The van der Waals surface area contributed by atoms with Crippen molar-refractivity contribution in [2.24, 2.45) is 0 Å². The standard InChI is InChI=1S/C29H29F3N6O4.CH2O2/c1-18-24(26(40)42-2)25(23-9-8-19(16-33)14-20(23)17-38(12-13-39)10-3-4-11-38)37-27(34-35-28(37)41)36(18)22-7-5-6-21(15-22)29(30,31)32;2-1-3/h5-9,14-15,25,39H,3-4,10-13,17H2,1-2H3;1H,(H,2,3)/p+1/t25-;/m1./s1. The number of aliphatic hydroxyl groups is 1. The van der Waals surface area contributed by atoms with Crippen molar-refractivity contribution in [3.8, 4) is 6.07 Å². The number of aromatic amines is 1. The van der Waals surface area contributed by atoms with E-state index in [0.717, 1.165) is 38.1 Å². The van der Waals surface area contributed by atoms with Gasteiger partial charge in [-0.05, 0) is 42.8 Å². The zero-order valence-corrected chi connectivity index (χ0v) is 24.5. The highest BCUT2D eigenvalue weighted by molar-refractivity contribution is 5.93. The van der Waals surface area contributed by atoms with Gasteiger partial charge in [-0.2, -0.15) is 18.4 Å². The Hall–Kier alpha value is -4.94. The molecule has 2 aliphatic rings. The summed E-state index contributed by atoms with van der Waals surface area (Å²) in [5.74, 6) is -0.783. The Kier molecular flexibility index (Phi) is 9.79. The molecule has 1 aromatic heterocycles. The fourth-order valence-electron chi connectivity index (χ4n) is 6.20. The van der Waals surface area contributed by atoms with Gasteiger partial charge in [-0.1, -0.05) is 12.1 Å². The first-order valence-corrected chi connectivity index (χ1v) is 13.9. The lowest BCUT2D eigenvalue weighted by Gasteiger charge is -2.38. The van der Waals surface area contributed by atoms with Gasteiger partial charge in [0.1, 0.15) is 19.1 Å². The van der Waals surface area contributed by atoms with E-state index in [9.17, 15) is 33.1 Å². The number of carbonyl (C=O) groups is 2. The number of allylic oxidation sites excluding steroid dienone is 1. The minimum Gasteiger partial charge on any atom is -0.483 e. The monoisotopic (exact) mass is 629 g/mol. The number of nitrogens with zero attached hydrogens (tertiary/aromatic N) is 5. The number of aliphatic hydroxyl groups excluding tert-OH is 1. The number of carbonyl (C=O) groups excluding carboxylic acids is 1. The summed E-state index contributed by atoms with van der Waals surface area (Å²) < 4.78 is 47.8. The minimum absolute atomic E-state index is 0.00906. The van der Waals surface area contributed by atoms with E-state index >= 15 is 0 Å². The lowest BCUT2D eigenvalue weighted by molar-refractivity contribution is -0.930. The zero-order chi connectivity index (χ0) is 32.9. The van der Waals surface area contributed by atoms with Gasteiger partial charge in [0.25, 0.3) is 6.47 Å². The molecule has 1 atom stereocenters. The van der Waals surface area contributed by atoms with Gasteiger partial charge >= 0.3 is 17.8 Å². The van der Waals surface area contributed by atoms with Gasteiger partial charge in [-0.25, -0.2) is 19.3 Å². The van der Waals surface area contributed by atoms with Gasteiger partial charge in [0, 0.05) is 29.8 Å². The van der Waals surface area contributed by atoms with Crippen LogP contribution in [0.15, 0.2) is 58.5 Å². The molecule has 12 nitrogen and oxygen atoms in total. The van der Waals surface area contributed by atoms with E-state index in [0.29, 0.717) is 34.3 Å². The summed E-state index contributed by atoms with van der Waals surface area (Å²) in [4.78, 5) is 36.4. The number of nitriles is 1. The fraction of sp³-hybridized carbons (Fsp3) is 0.367. The molecule has 2 aromatic carbocycles. The Morgan fingerprint density at radius 1 is 1.24 bits per heavy atom. The molecule has 5 rings (SSSR count). The average Bonchev–Trinajstić information content (AvgIpc) is 3.63. The van der Waals surface area contributed by atoms with Gasteiger partial charge in [-0.15, -0.1) is 5.10 Å². The molecule has 3 heterocycles. The molecule has 238 valence electrons. The molecule has 0 saturated carbocycles. The van der Waals surface area contributed by atoms with Gasteiger partial charge in [0.05, 0.1) is 49.6 Å². The van der Waals surface area contributed by atoms with Crippen LogP contribution in [-0.2, 0) is 27.0 Å². The second-order valence-corrected chi connectivity index (χ2v) is 10.7. The van der Waals surface area contributed by atoms with Gasteiger partial charge in [-0.3, -0.25) is 9.69 Å². The molecule has 2 aliphatic heterocycles. The number of alkyl halides is 3. The number of hydrogen-bond donors (Lipinski definition) is 3. The van der Waals surface area contributed by atoms with Crippen LogP contribution in [0, 0.1) is 11.3 Å². The van der Waals surface area contributed by atoms with Gasteiger partial charge in [0.15, 0.2) is 0 Å². The number of quaternary nitrogens is 1. The third kappa shape index (κ3) is 6.47. The first-order valence-electron chi connectivity index (χ1n) is 13.9. The molecule has 0 spiro atoms. The van der Waals surface area contributed by atoms with Crippen molar-refractivity contribution in [3.05, 3.63) is 86.5 Å². The Labute approximate surface area is 255 Å². The lowest BCUT2D eigenvalue weighted by Crippen LogP contribution is -2.47. The second kappa shape index (κ2) is 13.4. The largest absolute Gasteiger partial charge is 0.483 e. The van der Waals surface area contributed by atoms with Crippen molar-refractivity contribution in [2.45, 2.75) is 38.5 Å². The van der Waals surface area contributed by atoms with Crippen molar-refractivity contribution < 1.29 is 42.2 Å². The molecule has 1 saturated heterocycles. The summed E-state index contributed by atoms with van der Waals surface area (Å²) in [6.45, 7) is 3.86. The molecule has 0 amide bonds. The Bertz CT molecular complexity index is 1700. The first-order chi connectivity index (χ1) is 21.4. The van der Waals surface area contributed by atoms with Crippen LogP contribution in [-0.4, -0.2) is 75.3 Å². The highest BCUT2D eigenvalue weighted by Gasteiger charge is 2.42. The van der Waals surface area contributed by atoms with Crippen LogP contribution >= 0.6 is 0 Å². The molecule has 45 heavy (non-hydrogen) atoms. The summed E-state index contributed by atoms with van der Waals surface area (Å²) in [6.07, 6.45) is -2.68. The average molecular weight is 630 g/mol. The quantitative estimate of drug-likeness (QED) is 0.202. The summed E-state index contributed by atoms with van der Waals surface area (Å²) in [6, 6.07) is 10.6. The van der Waals surface area contributed by atoms with E-state index in [1.165, 1.54) is 28.7 Å². The SMILES string of the molecule is COC(=O)C1=C(C)N(c2cccc(C(F)(F)F)c2)c2n[nH]c(=O)n2[C@@H]1c1ccc(C#N)cc1C[N+]1(CCO)CCCC1.O=CO. The van der Waals surface area contributed by atoms with Crippen LogP contribution in [0.4, 0.5) is 24.8 Å². The van der Waals surface area contributed by atoms with Crippen molar-refractivity contribution >= 4 is 24.1 Å². The van der Waals surface area contributed by atoms with E-state index < -0.39 is 29.4 Å². The molecule has 0 unspecified atom stereocenters. The number of aromatic nitrogens is 3. The highest BCUT2D eigenvalue weighted by Crippen LogP contribution is 2.44. The lowest BCUT2D eigenvalue weighted by atomic mass is 9.89. The van der Waals surface area contributed by atoms with E-state index in [2.05, 4.69) is 16.3 Å². The number of hydrogen-bond acceptors (Lipinski definition) is 8. The summed E-state index contributed by atoms with van der Waals surface area (Å²) in [7, 11) is 1.19. The number of esters is 1. The Morgan fingerprint density at radius 3 is 2.53 bits per heavy atom. The van der Waals surface area contributed by atoms with E-state index in [1.807, 2.05) is 0 Å². The molecule has 3 aromatic rings. The van der Waals surface area contributed by atoms with Crippen LogP contribution in [0.1, 0.15) is 48.1 Å². The smallest absolute Gasteiger partial charge is 0.416 e. The minimum atomic E-state index is -4.62. The normalized spacial score (nSPS) is 17.2. The number of rotatable bonds is 7. The van der Waals surface area contributed by atoms with E-state index in [4.69, 9.17) is 14.6 Å². The number of anilines is 2. The van der Waals surface area contributed by atoms with Crippen molar-refractivity contribution in [1.29, 1.82) is 5.26 Å². The van der Waals surface area contributed by atoms with Crippen LogP contribution in [0.3, 0.4) is 0 Å². The number of ether oxygens (including phenoxy) is 1. The predicted octanol–water partition coefficient (Wildman–Crippen LogP) is 3.45. The number of halogens is 3. The van der Waals surface area contributed by atoms with Crippen LogP contribution in [0.25, 0.3) is 0 Å². The van der Waals surface area contributed by atoms with Crippen LogP contribution in [0.2, 0.25) is 0 Å². The fourth-order valence-corrected chi connectivity index (χ4v) is 6.20. The molecule has 1 fully saturated rings. The molecule has 0 bridgehead atoms. The van der Waals surface area contributed by atoms with Crippen LogP contribution < -0.4 is 10.6 Å². The maximum Gasteiger partial charge on any atom is 0.416 e. The number of fused-ring (bicyclic) bond motifs is 1. The molecule has 0 aliphatic carbocycles. The third-order valence-electron chi connectivity index (χ3n) is 8.14. The summed E-state index contributed by atoms with van der Waals surface area (Å²) >= 11 is 0. The van der Waals surface area contributed by atoms with E-state index in [-0.39, 0.29) is 36.0 Å². The van der Waals surface area contributed by atoms with Crippen molar-refractivity contribution in [3.63, 3.8) is 0 Å². The number of methoxy groups -OCH3 is 1. The Balaban J connectivity index is 0.00000148. The summed E-state index contributed by atoms with van der Waals surface area (Å²) in [5.41, 5.74) is 0.358. The first kappa shape index (κ1) is 33.0. The molecule has 3 N–H and O–H groups in total. The third-order valence-corrected chi connectivity index (χ3v) is 8.14. The molecular weight excluding hydrogens is 597 g/mol. The highest BCUT2D eigenvalue weighted by atomic mass is 19.4. The van der Waals surface area contributed by atoms with Crippen molar-refractivity contribution in [2.75, 3.05) is 38.3 Å². The Morgan fingerprint density at radius 2 is 1.93 bits per heavy atom. The molecular formula is C30H32F3N6O6+. The van der Waals surface area contributed by atoms with Crippen molar-refractivity contribution in [1.82, 2.24) is 14.8 Å². The molecule has 0 radical (unpaired) electrons. The maximum atomic E-state index is 13.6. The summed E-state index contributed by atoms with van der Waals surface area (Å²) in [5, 5.41) is 33.0. The molecule has 15 heteroatoms. The number of benzene rings is 2. The van der Waals surface area contributed by atoms with Gasteiger partial charge < -0.3 is 19.4 Å².